The third kappa shape index (κ3) is 2.21. The van der Waals surface area contributed by atoms with E-state index in [9.17, 15) is 0 Å². The molecule has 0 fully saturated rings. The summed E-state index contributed by atoms with van der Waals surface area (Å²) in [6.45, 7) is 1.46. The van der Waals surface area contributed by atoms with E-state index in [1.165, 1.54) is 5.69 Å². The molecule has 1 aromatic heterocycles. The minimum Gasteiger partial charge on any atom is -0.396 e. The van der Waals surface area contributed by atoms with Crippen molar-refractivity contribution < 1.29 is 10.2 Å². The predicted molar refractivity (Wildman–Crippen MR) is 56.5 cm³/mol. The summed E-state index contributed by atoms with van der Waals surface area (Å²) in [7, 11) is 0. The molecule has 1 atom stereocenters. The molecule has 1 aliphatic rings. The van der Waals surface area contributed by atoms with Gasteiger partial charge in [0, 0.05) is 38.1 Å². The van der Waals surface area contributed by atoms with E-state index in [1.807, 2.05) is 6.20 Å². The fourth-order valence-corrected chi connectivity index (χ4v) is 2.19. The minimum absolute atomic E-state index is 0.224. The number of rotatable bonds is 4. The van der Waals surface area contributed by atoms with Gasteiger partial charge in [0.2, 0.25) is 0 Å². The van der Waals surface area contributed by atoms with E-state index in [2.05, 4.69) is 9.55 Å². The summed E-state index contributed by atoms with van der Waals surface area (Å²) in [5.41, 5.74) is 1.23. The van der Waals surface area contributed by atoms with Gasteiger partial charge in [-0.15, -0.1) is 0 Å². The summed E-state index contributed by atoms with van der Waals surface area (Å²) in [6.07, 6.45) is 5.50. The van der Waals surface area contributed by atoms with Crippen LogP contribution in [-0.2, 0) is 19.4 Å². The van der Waals surface area contributed by atoms with Gasteiger partial charge in [-0.25, -0.2) is 4.98 Å². The van der Waals surface area contributed by atoms with Crippen LogP contribution in [0.2, 0.25) is 0 Å². The maximum absolute atomic E-state index is 9.10. The maximum Gasteiger partial charge on any atom is 0.108 e. The average molecular weight is 210 g/mol. The smallest absolute Gasteiger partial charge is 0.108 e. The van der Waals surface area contributed by atoms with Gasteiger partial charge in [0.05, 0.1) is 0 Å². The van der Waals surface area contributed by atoms with E-state index >= 15 is 0 Å². The van der Waals surface area contributed by atoms with E-state index in [0.717, 1.165) is 38.1 Å². The zero-order valence-corrected chi connectivity index (χ0v) is 8.89. The molecule has 84 valence electrons. The van der Waals surface area contributed by atoms with Gasteiger partial charge in [-0.05, 0) is 25.2 Å². The zero-order chi connectivity index (χ0) is 10.7. The van der Waals surface area contributed by atoms with E-state index in [0.29, 0.717) is 5.92 Å². The van der Waals surface area contributed by atoms with Crippen molar-refractivity contribution in [1.82, 2.24) is 9.55 Å². The van der Waals surface area contributed by atoms with Crippen LogP contribution in [-0.4, -0.2) is 33.0 Å². The van der Waals surface area contributed by atoms with Crippen molar-refractivity contribution >= 4 is 0 Å². The molecule has 1 aromatic rings. The Labute approximate surface area is 89.6 Å². The van der Waals surface area contributed by atoms with Crippen LogP contribution in [0.5, 0.6) is 0 Å². The number of hydrogen-bond donors (Lipinski definition) is 2. The molecular weight excluding hydrogens is 192 g/mol. The molecule has 0 saturated carbocycles. The monoisotopic (exact) mass is 210 g/mol. The first kappa shape index (κ1) is 10.6. The molecule has 0 saturated heterocycles. The van der Waals surface area contributed by atoms with Crippen molar-refractivity contribution in [2.75, 3.05) is 13.2 Å². The van der Waals surface area contributed by atoms with Crippen molar-refractivity contribution in [2.45, 2.75) is 32.2 Å². The topological polar surface area (TPSA) is 58.3 Å². The highest BCUT2D eigenvalue weighted by Gasteiger charge is 2.20. The molecule has 15 heavy (non-hydrogen) atoms. The van der Waals surface area contributed by atoms with Crippen LogP contribution >= 0.6 is 0 Å². The third-order valence-corrected chi connectivity index (χ3v) is 3.10. The second-order valence-corrected chi connectivity index (χ2v) is 4.19. The van der Waals surface area contributed by atoms with E-state index in [-0.39, 0.29) is 13.2 Å². The second-order valence-electron chi connectivity index (χ2n) is 4.19. The molecular formula is C11H18N2O2. The molecule has 4 nitrogen and oxygen atoms in total. The van der Waals surface area contributed by atoms with Crippen molar-refractivity contribution in [3.05, 3.63) is 17.7 Å². The Morgan fingerprint density at radius 2 is 2.33 bits per heavy atom. The second kappa shape index (κ2) is 4.77. The van der Waals surface area contributed by atoms with Gasteiger partial charge >= 0.3 is 0 Å². The van der Waals surface area contributed by atoms with Gasteiger partial charge < -0.3 is 14.8 Å². The molecule has 0 aliphatic carbocycles. The Morgan fingerprint density at radius 1 is 1.47 bits per heavy atom. The standard InChI is InChI=1S/C11H18N2O2/c14-5-1-2-11-12-7-10-6-9(8-15)3-4-13(10)11/h7,9,14-15H,1-6,8H2. The van der Waals surface area contributed by atoms with Crippen LogP contribution in [0.25, 0.3) is 0 Å². The normalized spacial score (nSPS) is 20.3. The van der Waals surface area contributed by atoms with Crippen LogP contribution in [0.1, 0.15) is 24.4 Å². The van der Waals surface area contributed by atoms with Gasteiger partial charge in [-0.3, -0.25) is 0 Å². The van der Waals surface area contributed by atoms with Crippen molar-refractivity contribution in [2.24, 2.45) is 5.92 Å². The minimum atomic E-state index is 0.224. The van der Waals surface area contributed by atoms with E-state index in [4.69, 9.17) is 10.2 Å². The number of imidazole rings is 1. The molecule has 0 amide bonds. The molecule has 0 bridgehead atoms. The van der Waals surface area contributed by atoms with Gasteiger partial charge in [-0.1, -0.05) is 0 Å². The Hall–Kier alpha value is -0.870. The van der Waals surface area contributed by atoms with Crippen LogP contribution in [0, 0.1) is 5.92 Å². The SMILES string of the molecule is OCCCc1ncc2n1CCC(CO)C2. The summed E-state index contributed by atoms with van der Waals surface area (Å²) in [4.78, 5) is 4.37. The van der Waals surface area contributed by atoms with Gasteiger partial charge in [0.15, 0.2) is 0 Å². The molecule has 2 heterocycles. The van der Waals surface area contributed by atoms with Crippen LogP contribution in [0.4, 0.5) is 0 Å². The highest BCUT2D eigenvalue weighted by atomic mass is 16.3. The Bertz CT molecular complexity index is 309. The fraction of sp³-hybridized carbons (Fsp3) is 0.727. The number of fused-ring (bicyclic) bond motifs is 1. The number of aliphatic hydroxyl groups excluding tert-OH is 2. The molecule has 4 heteroatoms. The van der Waals surface area contributed by atoms with Crippen LogP contribution in [0.15, 0.2) is 6.20 Å². The third-order valence-electron chi connectivity index (χ3n) is 3.10. The maximum atomic E-state index is 9.10. The van der Waals surface area contributed by atoms with Gasteiger partial charge in [0.1, 0.15) is 5.82 Å². The van der Waals surface area contributed by atoms with Crippen molar-refractivity contribution in [1.29, 1.82) is 0 Å². The Balaban J connectivity index is 2.08. The van der Waals surface area contributed by atoms with Gasteiger partial charge in [0.25, 0.3) is 0 Å². The van der Waals surface area contributed by atoms with Crippen LogP contribution in [0.3, 0.4) is 0 Å². The highest BCUT2D eigenvalue weighted by Crippen LogP contribution is 2.21. The van der Waals surface area contributed by atoms with Crippen molar-refractivity contribution in [3.8, 4) is 0 Å². The Morgan fingerprint density at radius 3 is 3.07 bits per heavy atom. The van der Waals surface area contributed by atoms with Crippen molar-refractivity contribution in [3.63, 3.8) is 0 Å². The fourth-order valence-electron chi connectivity index (χ4n) is 2.19. The number of aromatic nitrogens is 2. The molecule has 1 unspecified atom stereocenters. The first-order valence-electron chi connectivity index (χ1n) is 5.60. The van der Waals surface area contributed by atoms with Gasteiger partial charge in [-0.2, -0.15) is 0 Å². The first-order valence-corrected chi connectivity index (χ1v) is 5.60. The van der Waals surface area contributed by atoms with E-state index < -0.39 is 0 Å². The largest absolute Gasteiger partial charge is 0.396 e. The summed E-state index contributed by atoms with van der Waals surface area (Å²) >= 11 is 0. The number of hydrogen-bond acceptors (Lipinski definition) is 3. The number of nitrogens with zero attached hydrogens (tertiary/aromatic N) is 2. The molecule has 2 rings (SSSR count). The summed E-state index contributed by atoms with van der Waals surface area (Å²) in [5, 5.41) is 17.9. The summed E-state index contributed by atoms with van der Waals surface area (Å²) in [5.74, 6) is 1.48. The quantitative estimate of drug-likeness (QED) is 0.754. The predicted octanol–water partition coefficient (Wildman–Crippen LogP) is 0.363. The number of aliphatic hydroxyl groups is 2. The number of aryl methyl sites for hydroxylation is 1. The first-order chi connectivity index (χ1) is 7.35. The highest BCUT2D eigenvalue weighted by molar-refractivity contribution is 5.09. The zero-order valence-electron chi connectivity index (χ0n) is 8.89. The lowest BCUT2D eigenvalue weighted by Gasteiger charge is -2.23. The molecule has 1 aliphatic heterocycles. The lowest BCUT2D eigenvalue weighted by molar-refractivity contribution is 0.200. The summed E-state index contributed by atoms with van der Waals surface area (Å²) < 4.78 is 2.24. The summed E-state index contributed by atoms with van der Waals surface area (Å²) in [6, 6.07) is 0. The lowest BCUT2D eigenvalue weighted by Crippen LogP contribution is -2.22. The molecule has 0 aromatic carbocycles. The molecule has 2 N–H and O–H groups in total. The lowest BCUT2D eigenvalue weighted by atomic mass is 9.97. The average Bonchev–Trinajstić information content (AvgIpc) is 2.68. The Kier molecular flexibility index (Phi) is 3.38. The molecule has 0 spiro atoms. The van der Waals surface area contributed by atoms with E-state index in [1.54, 1.807) is 0 Å². The van der Waals surface area contributed by atoms with Crippen LogP contribution < -0.4 is 0 Å². The molecule has 0 radical (unpaired) electrons.